The number of halogens is 1. The van der Waals surface area contributed by atoms with Gasteiger partial charge in [-0.05, 0) is 19.1 Å². The Bertz CT molecular complexity index is 889. The number of fused-ring (bicyclic) bond motifs is 1. The van der Waals surface area contributed by atoms with Crippen molar-refractivity contribution in [1.29, 1.82) is 0 Å². The van der Waals surface area contributed by atoms with Crippen LogP contribution in [0.5, 0.6) is 0 Å². The summed E-state index contributed by atoms with van der Waals surface area (Å²) < 4.78 is 14.9. The number of benzene rings is 2. The van der Waals surface area contributed by atoms with Gasteiger partial charge in [0.05, 0.1) is 17.6 Å². The van der Waals surface area contributed by atoms with Crippen LogP contribution in [0.2, 0.25) is 0 Å². The van der Waals surface area contributed by atoms with Crippen molar-refractivity contribution in [3.05, 3.63) is 76.0 Å². The van der Waals surface area contributed by atoms with E-state index in [1.54, 1.807) is 31.2 Å². The standard InChI is InChI=1S/C17H15FN2O2/c1-11-12-6-2-3-7-13(12)17(22)20(19-11)10-16(21)14-8-4-5-9-15(14)18/h2-9,16,21H,10H2,1H3. The molecule has 5 heteroatoms. The van der Waals surface area contributed by atoms with Crippen LogP contribution in [0.3, 0.4) is 0 Å². The highest BCUT2D eigenvalue weighted by Gasteiger charge is 2.15. The highest BCUT2D eigenvalue weighted by molar-refractivity contribution is 5.83. The third-order valence-electron chi connectivity index (χ3n) is 3.66. The fourth-order valence-electron chi connectivity index (χ4n) is 2.54. The van der Waals surface area contributed by atoms with Crippen molar-refractivity contribution in [2.24, 2.45) is 0 Å². The summed E-state index contributed by atoms with van der Waals surface area (Å²) in [7, 11) is 0. The van der Waals surface area contributed by atoms with Crippen LogP contribution in [0.25, 0.3) is 10.8 Å². The largest absolute Gasteiger partial charge is 0.386 e. The van der Waals surface area contributed by atoms with Crippen molar-refractivity contribution < 1.29 is 9.50 Å². The van der Waals surface area contributed by atoms with E-state index in [9.17, 15) is 14.3 Å². The summed E-state index contributed by atoms with van der Waals surface area (Å²) in [6, 6.07) is 13.1. The van der Waals surface area contributed by atoms with Gasteiger partial charge in [-0.3, -0.25) is 4.79 Å². The van der Waals surface area contributed by atoms with Crippen LogP contribution < -0.4 is 5.56 Å². The van der Waals surface area contributed by atoms with E-state index >= 15 is 0 Å². The maximum Gasteiger partial charge on any atom is 0.274 e. The molecule has 0 saturated heterocycles. The number of aromatic nitrogens is 2. The topological polar surface area (TPSA) is 55.1 Å². The molecule has 1 atom stereocenters. The van der Waals surface area contributed by atoms with Crippen molar-refractivity contribution in [2.75, 3.05) is 0 Å². The van der Waals surface area contributed by atoms with Crippen LogP contribution >= 0.6 is 0 Å². The molecule has 0 amide bonds. The Morgan fingerprint density at radius 3 is 2.50 bits per heavy atom. The second-order valence-electron chi connectivity index (χ2n) is 5.16. The minimum absolute atomic E-state index is 0.0918. The molecule has 0 aliphatic rings. The molecule has 22 heavy (non-hydrogen) atoms. The molecule has 2 aromatic carbocycles. The fourth-order valence-corrected chi connectivity index (χ4v) is 2.54. The number of aliphatic hydroxyl groups is 1. The molecule has 0 fully saturated rings. The number of rotatable bonds is 3. The van der Waals surface area contributed by atoms with E-state index < -0.39 is 11.9 Å². The maximum absolute atomic E-state index is 13.7. The Balaban J connectivity index is 2.03. The molecular weight excluding hydrogens is 283 g/mol. The normalized spacial score (nSPS) is 12.5. The predicted molar refractivity (Wildman–Crippen MR) is 82.1 cm³/mol. The molecule has 4 nitrogen and oxygen atoms in total. The van der Waals surface area contributed by atoms with Gasteiger partial charge in [-0.1, -0.05) is 36.4 Å². The van der Waals surface area contributed by atoms with Crippen LogP contribution in [0.15, 0.2) is 53.3 Å². The van der Waals surface area contributed by atoms with Gasteiger partial charge < -0.3 is 5.11 Å². The molecule has 3 rings (SSSR count). The first-order valence-corrected chi connectivity index (χ1v) is 6.97. The molecule has 0 saturated carbocycles. The number of nitrogens with zero attached hydrogens (tertiary/aromatic N) is 2. The summed E-state index contributed by atoms with van der Waals surface area (Å²) in [5, 5.41) is 15.7. The van der Waals surface area contributed by atoms with Gasteiger partial charge in [0, 0.05) is 10.9 Å². The minimum atomic E-state index is -1.13. The van der Waals surface area contributed by atoms with Crippen molar-refractivity contribution >= 4 is 10.8 Å². The highest BCUT2D eigenvalue weighted by atomic mass is 19.1. The van der Waals surface area contributed by atoms with Crippen molar-refractivity contribution in [2.45, 2.75) is 19.6 Å². The second kappa shape index (κ2) is 5.69. The minimum Gasteiger partial charge on any atom is -0.386 e. The van der Waals surface area contributed by atoms with Gasteiger partial charge in [-0.15, -0.1) is 0 Å². The average molecular weight is 298 g/mol. The Hall–Kier alpha value is -2.53. The summed E-state index contributed by atoms with van der Waals surface area (Å²) in [4.78, 5) is 12.4. The molecule has 1 N–H and O–H groups in total. The summed E-state index contributed by atoms with van der Waals surface area (Å²) in [6.45, 7) is 1.71. The average Bonchev–Trinajstić information content (AvgIpc) is 2.52. The Morgan fingerprint density at radius 1 is 1.14 bits per heavy atom. The van der Waals surface area contributed by atoms with Gasteiger partial charge in [0.1, 0.15) is 11.9 Å². The number of aryl methyl sites for hydroxylation is 1. The van der Waals surface area contributed by atoms with E-state index in [1.165, 1.54) is 16.8 Å². The molecule has 0 radical (unpaired) electrons. The molecule has 0 bridgehead atoms. The SMILES string of the molecule is Cc1nn(CC(O)c2ccccc2F)c(=O)c2ccccc12. The van der Waals surface area contributed by atoms with E-state index in [0.717, 1.165) is 5.39 Å². The van der Waals surface area contributed by atoms with Crippen LogP contribution in [0.4, 0.5) is 4.39 Å². The zero-order valence-electron chi connectivity index (χ0n) is 12.0. The van der Waals surface area contributed by atoms with E-state index in [1.807, 2.05) is 12.1 Å². The summed E-state index contributed by atoms with van der Waals surface area (Å²) >= 11 is 0. The molecule has 0 aliphatic heterocycles. The van der Waals surface area contributed by atoms with Gasteiger partial charge in [0.15, 0.2) is 0 Å². The molecule has 1 unspecified atom stereocenters. The van der Waals surface area contributed by atoms with E-state index in [4.69, 9.17) is 0 Å². The molecule has 0 aliphatic carbocycles. The van der Waals surface area contributed by atoms with Gasteiger partial charge in [-0.25, -0.2) is 9.07 Å². The van der Waals surface area contributed by atoms with E-state index in [-0.39, 0.29) is 17.7 Å². The quantitative estimate of drug-likeness (QED) is 0.808. The first-order valence-electron chi connectivity index (χ1n) is 6.97. The molecule has 112 valence electrons. The molecule has 1 heterocycles. The van der Waals surface area contributed by atoms with Crippen LogP contribution in [0.1, 0.15) is 17.4 Å². The van der Waals surface area contributed by atoms with Gasteiger partial charge in [0.25, 0.3) is 5.56 Å². The Kier molecular flexibility index (Phi) is 3.73. The van der Waals surface area contributed by atoms with Crippen LogP contribution in [-0.2, 0) is 6.54 Å². The van der Waals surface area contributed by atoms with Crippen LogP contribution in [0, 0.1) is 12.7 Å². The molecule has 0 spiro atoms. The zero-order chi connectivity index (χ0) is 15.7. The molecule has 1 aromatic heterocycles. The monoisotopic (exact) mass is 298 g/mol. The van der Waals surface area contributed by atoms with Crippen LogP contribution in [-0.4, -0.2) is 14.9 Å². The van der Waals surface area contributed by atoms with Gasteiger partial charge >= 0.3 is 0 Å². The number of hydrogen-bond donors (Lipinski definition) is 1. The van der Waals surface area contributed by atoms with E-state index in [2.05, 4.69) is 5.10 Å². The highest BCUT2D eigenvalue weighted by Crippen LogP contribution is 2.18. The summed E-state index contributed by atoms with van der Waals surface area (Å²) in [5.74, 6) is -0.499. The lowest BCUT2D eigenvalue weighted by Crippen LogP contribution is -2.27. The van der Waals surface area contributed by atoms with Gasteiger partial charge in [0.2, 0.25) is 0 Å². The van der Waals surface area contributed by atoms with E-state index in [0.29, 0.717) is 11.1 Å². The fraction of sp³-hybridized carbons (Fsp3) is 0.176. The third-order valence-corrected chi connectivity index (χ3v) is 3.66. The van der Waals surface area contributed by atoms with Crippen molar-refractivity contribution in [1.82, 2.24) is 9.78 Å². The predicted octanol–water partition coefficient (Wildman–Crippen LogP) is 2.58. The summed E-state index contributed by atoms with van der Waals surface area (Å²) in [5.41, 5.74) is 0.550. The lowest BCUT2D eigenvalue weighted by molar-refractivity contribution is 0.145. The lowest BCUT2D eigenvalue weighted by Gasteiger charge is -2.14. The Labute approximate surface area is 126 Å². The number of hydrogen-bond acceptors (Lipinski definition) is 3. The second-order valence-corrected chi connectivity index (χ2v) is 5.16. The third kappa shape index (κ3) is 2.51. The molecule has 3 aromatic rings. The lowest BCUT2D eigenvalue weighted by atomic mass is 10.1. The van der Waals surface area contributed by atoms with Crippen molar-refractivity contribution in [3.63, 3.8) is 0 Å². The van der Waals surface area contributed by atoms with Gasteiger partial charge in [-0.2, -0.15) is 5.10 Å². The first kappa shape index (κ1) is 14.4. The smallest absolute Gasteiger partial charge is 0.274 e. The Morgan fingerprint density at radius 2 is 1.77 bits per heavy atom. The molecular formula is C17H15FN2O2. The number of aliphatic hydroxyl groups excluding tert-OH is 1. The maximum atomic E-state index is 13.7. The summed E-state index contributed by atoms with van der Waals surface area (Å²) in [6.07, 6.45) is -1.13. The first-order chi connectivity index (χ1) is 10.6. The zero-order valence-corrected chi connectivity index (χ0v) is 12.0. The van der Waals surface area contributed by atoms with Crippen molar-refractivity contribution in [3.8, 4) is 0 Å².